The van der Waals surface area contributed by atoms with E-state index in [0.29, 0.717) is 22.9 Å². The van der Waals surface area contributed by atoms with E-state index in [9.17, 15) is 14.9 Å². The molecule has 0 aliphatic heterocycles. The molecule has 0 saturated heterocycles. The number of nitrogens with zero attached hydrogens (tertiary/aromatic N) is 1. The highest BCUT2D eigenvalue weighted by Crippen LogP contribution is 2.29. The van der Waals surface area contributed by atoms with Crippen LogP contribution >= 0.6 is 0 Å². The number of ether oxygens (including phenoxy) is 3. The number of amides is 1. The predicted molar refractivity (Wildman–Crippen MR) is 124 cm³/mol. The molecule has 0 aromatic heterocycles. The summed E-state index contributed by atoms with van der Waals surface area (Å²) in [6, 6.07) is 18.5. The molecule has 9 nitrogen and oxygen atoms in total. The molecule has 172 valence electrons. The van der Waals surface area contributed by atoms with E-state index in [1.807, 2.05) is 48.5 Å². The third-order valence-corrected chi connectivity index (χ3v) is 5.04. The molecule has 3 aromatic carbocycles. The Morgan fingerprint density at radius 1 is 0.879 bits per heavy atom. The molecule has 0 spiro atoms. The van der Waals surface area contributed by atoms with Gasteiger partial charge in [-0.25, -0.2) is 0 Å². The van der Waals surface area contributed by atoms with Crippen LogP contribution in [0.5, 0.6) is 17.2 Å². The van der Waals surface area contributed by atoms with E-state index in [0.717, 1.165) is 11.1 Å². The van der Waals surface area contributed by atoms with Crippen molar-refractivity contribution in [3.63, 3.8) is 0 Å². The minimum atomic E-state index is -0.506. The van der Waals surface area contributed by atoms with Gasteiger partial charge in [0.2, 0.25) is 5.91 Å². The Balaban J connectivity index is 1.79. The molecule has 0 saturated carbocycles. The fourth-order valence-corrected chi connectivity index (χ4v) is 3.29. The molecule has 1 amide bonds. The summed E-state index contributed by atoms with van der Waals surface area (Å²) in [7, 11) is 4.63. The summed E-state index contributed by atoms with van der Waals surface area (Å²) in [4.78, 5) is 23.4. The molecule has 0 heterocycles. The second kappa shape index (κ2) is 10.9. The van der Waals surface area contributed by atoms with Gasteiger partial charge in [0.1, 0.15) is 17.2 Å². The van der Waals surface area contributed by atoms with E-state index in [1.54, 1.807) is 14.2 Å². The molecular formula is C24H25N3O6. The third kappa shape index (κ3) is 5.91. The summed E-state index contributed by atoms with van der Waals surface area (Å²) in [5.74, 6) is 1.51. The van der Waals surface area contributed by atoms with Gasteiger partial charge < -0.3 is 24.8 Å². The van der Waals surface area contributed by atoms with E-state index < -0.39 is 11.0 Å². The number of anilines is 1. The SMILES string of the molecule is COc1ccc(C(NC(=O)CNc2cc([N+](=O)[O-])ccc2OC)c2ccc(OC)cc2)cc1. The number of nitrogens with one attached hydrogen (secondary N) is 2. The Morgan fingerprint density at radius 3 is 1.88 bits per heavy atom. The van der Waals surface area contributed by atoms with Crippen LogP contribution in [0, 0.1) is 10.1 Å². The van der Waals surface area contributed by atoms with E-state index in [4.69, 9.17) is 14.2 Å². The zero-order valence-electron chi connectivity index (χ0n) is 18.5. The summed E-state index contributed by atoms with van der Waals surface area (Å²) in [5, 5.41) is 17.0. The quantitative estimate of drug-likeness (QED) is 0.355. The number of hydrogen-bond donors (Lipinski definition) is 2. The minimum Gasteiger partial charge on any atom is -0.497 e. The zero-order chi connectivity index (χ0) is 23.8. The number of carbonyl (C=O) groups excluding carboxylic acids is 1. The fraction of sp³-hybridized carbons (Fsp3) is 0.208. The first-order valence-corrected chi connectivity index (χ1v) is 10.1. The number of nitro benzene ring substituents is 1. The number of methoxy groups -OCH3 is 3. The predicted octanol–water partition coefficient (Wildman–Crippen LogP) is 3.94. The monoisotopic (exact) mass is 451 g/mol. The molecule has 0 atom stereocenters. The number of non-ortho nitro benzene ring substituents is 1. The van der Waals surface area contributed by atoms with Gasteiger partial charge in [-0.3, -0.25) is 14.9 Å². The maximum Gasteiger partial charge on any atom is 0.271 e. The van der Waals surface area contributed by atoms with Crippen molar-refractivity contribution in [2.75, 3.05) is 33.2 Å². The molecule has 9 heteroatoms. The van der Waals surface area contributed by atoms with Crippen LogP contribution < -0.4 is 24.8 Å². The van der Waals surface area contributed by atoms with Gasteiger partial charge in [-0.2, -0.15) is 0 Å². The molecular weight excluding hydrogens is 426 g/mol. The lowest BCUT2D eigenvalue weighted by Gasteiger charge is -2.21. The average Bonchev–Trinajstić information content (AvgIpc) is 2.86. The lowest BCUT2D eigenvalue weighted by Crippen LogP contribution is -2.34. The van der Waals surface area contributed by atoms with Crippen molar-refractivity contribution < 1.29 is 23.9 Å². The highest BCUT2D eigenvalue weighted by molar-refractivity contribution is 5.82. The topological polar surface area (TPSA) is 112 Å². The summed E-state index contributed by atoms with van der Waals surface area (Å²) < 4.78 is 15.7. The number of hydrogen-bond acceptors (Lipinski definition) is 7. The number of rotatable bonds is 10. The van der Waals surface area contributed by atoms with Gasteiger partial charge in [0.25, 0.3) is 5.69 Å². The average molecular weight is 451 g/mol. The van der Waals surface area contributed by atoms with Crippen molar-refractivity contribution in [2.45, 2.75) is 6.04 Å². The van der Waals surface area contributed by atoms with E-state index in [1.165, 1.54) is 25.3 Å². The number of carbonyl (C=O) groups is 1. The van der Waals surface area contributed by atoms with Gasteiger partial charge in [0, 0.05) is 12.1 Å². The van der Waals surface area contributed by atoms with Crippen molar-refractivity contribution in [3.8, 4) is 17.2 Å². The maximum absolute atomic E-state index is 12.8. The van der Waals surface area contributed by atoms with Crippen LogP contribution in [0.4, 0.5) is 11.4 Å². The molecule has 33 heavy (non-hydrogen) atoms. The van der Waals surface area contributed by atoms with Gasteiger partial charge in [0.15, 0.2) is 0 Å². The van der Waals surface area contributed by atoms with Crippen LogP contribution in [-0.2, 0) is 4.79 Å². The molecule has 0 aliphatic carbocycles. The largest absolute Gasteiger partial charge is 0.497 e. The molecule has 3 rings (SSSR count). The molecule has 0 fully saturated rings. The Bertz CT molecular complexity index is 1050. The number of benzene rings is 3. The van der Waals surface area contributed by atoms with Gasteiger partial charge in [-0.15, -0.1) is 0 Å². The first kappa shape index (κ1) is 23.4. The number of nitro groups is 1. The Kier molecular flexibility index (Phi) is 7.69. The van der Waals surface area contributed by atoms with Crippen molar-refractivity contribution in [1.29, 1.82) is 0 Å². The first-order valence-electron chi connectivity index (χ1n) is 10.1. The van der Waals surface area contributed by atoms with Crippen molar-refractivity contribution in [3.05, 3.63) is 88.0 Å². The minimum absolute atomic E-state index is 0.104. The summed E-state index contributed by atoms with van der Waals surface area (Å²) in [6.07, 6.45) is 0. The molecule has 0 aliphatic rings. The zero-order valence-corrected chi connectivity index (χ0v) is 18.5. The van der Waals surface area contributed by atoms with Gasteiger partial charge in [-0.1, -0.05) is 24.3 Å². The third-order valence-electron chi connectivity index (χ3n) is 5.04. The van der Waals surface area contributed by atoms with Gasteiger partial charge >= 0.3 is 0 Å². The van der Waals surface area contributed by atoms with Crippen LogP contribution in [0.1, 0.15) is 17.2 Å². The van der Waals surface area contributed by atoms with Crippen LogP contribution in [0.15, 0.2) is 66.7 Å². The van der Waals surface area contributed by atoms with Crippen molar-refractivity contribution in [1.82, 2.24) is 5.32 Å². The highest BCUT2D eigenvalue weighted by Gasteiger charge is 2.18. The highest BCUT2D eigenvalue weighted by atomic mass is 16.6. The second-order valence-electron chi connectivity index (χ2n) is 7.04. The molecule has 0 unspecified atom stereocenters. The Labute approximate surface area is 191 Å². The summed E-state index contributed by atoms with van der Waals surface area (Å²) >= 11 is 0. The Morgan fingerprint density at radius 2 is 1.42 bits per heavy atom. The van der Waals surface area contributed by atoms with Crippen LogP contribution in [0.25, 0.3) is 0 Å². The maximum atomic E-state index is 12.8. The van der Waals surface area contributed by atoms with Crippen LogP contribution in [0.2, 0.25) is 0 Å². The summed E-state index contributed by atoms with van der Waals surface area (Å²) in [5.41, 5.74) is 1.98. The van der Waals surface area contributed by atoms with Gasteiger partial charge in [-0.05, 0) is 41.5 Å². The van der Waals surface area contributed by atoms with Crippen molar-refractivity contribution in [2.24, 2.45) is 0 Å². The Hall–Kier alpha value is -4.27. The van der Waals surface area contributed by atoms with Gasteiger partial charge in [0.05, 0.1) is 44.5 Å². The molecule has 0 radical (unpaired) electrons. The second-order valence-corrected chi connectivity index (χ2v) is 7.04. The fourth-order valence-electron chi connectivity index (χ4n) is 3.29. The lowest BCUT2D eigenvalue weighted by atomic mass is 9.98. The lowest BCUT2D eigenvalue weighted by molar-refractivity contribution is -0.384. The molecule has 2 N–H and O–H groups in total. The van der Waals surface area contributed by atoms with E-state index >= 15 is 0 Å². The van der Waals surface area contributed by atoms with E-state index in [-0.39, 0.29) is 18.1 Å². The van der Waals surface area contributed by atoms with E-state index in [2.05, 4.69) is 10.6 Å². The van der Waals surface area contributed by atoms with Crippen LogP contribution in [0.3, 0.4) is 0 Å². The molecule has 3 aromatic rings. The normalized spacial score (nSPS) is 10.4. The summed E-state index contributed by atoms with van der Waals surface area (Å²) in [6.45, 7) is -0.111. The standard InChI is InChI=1S/C24H25N3O6/c1-31-19-9-4-16(5-10-19)24(17-6-11-20(32-2)12-7-17)26-23(28)15-25-21-14-18(27(29)30)8-13-22(21)33-3/h4-14,24-25H,15H2,1-3H3,(H,26,28). The van der Waals surface area contributed by atoms with Crippen LogP contribution in [-0.4, -0.2) is 38.7 Å². The molecule has 0 bridgehead atoms. The smallest absolute Gasteiger partial charge is 0.271 e. The van der Waals surface area contributed by atoms with Crippen molar-refractivity contribution >= 4 is 17.3 Å². The first-order chi connectivity index (χ1) is 15.9.